The second kappa shape index (κ2) is 7.09. The molecular formula is C19H25NO3. The molecule has 124 valence electrons. The van der Waals surface area contributed by atoms with E-state index in [0.29, 0.717) is 24.4 Å². The lowest BCUT2D eigenvalue weighted by atomic mass is 9.91. The van der Waals surface area contributed by atoms with Crippen LogP contribution in [-0.2, 0) is 4.74 Å². The number of anilines is 1. The fourth-order valence-corrected chi connectivity index (χ4v) is 2.65. The molecule has 0 spiro atoms. The smallest absolute Gasteiger partial charge is 0.250 e. The highest BCUT2D eigenvalue weighted by molar-refractivity contribution is 5.84. The predicted molar refractivity (Wildman–Crippen MR) is 95.2 cm³/mol. The van der Waals surface area contributed by atoms with Crippen LogP contribution >= 0.6 is 0 Å². The van der Waals surface area contributed by atoms with Crippen molar-refractivity contribution < 1.29 is 4.74 Å². The first-order valence-corrected chi connectivity index (χ1v) is 8.10. The van der Waals surface area contributed by atoms with E-state index >= 15 is 0 Å². The molecule has 0 atom stereocenters. The van der Waals surface area contributed by atoms with Gasteiger partial charge in [-0.15, -0.1) is 0 Å². The third-order valence-corrected chi connectivity index (χ3v) is 4.09. The van der Waals surface area contributed by atoms with Gasteiger partial charge in [0.05, 0.1) is 17.4 Å². The van der Waals surface area contributed by atoms with Crippen molar-refractivity contribution in [1.29, 1.82) is 0 Å². The van der Waals surface area contributed by atoms with Crippen molar-refractivity contribution in [2.45, 2.75) is 47.1 Å². The van der Waals surface area contributed by atoms with Gasteiger partial charge in [-0.05, 0) is 63.3 Å². The SMILES string of the molecule is Cc1cc(C)c(-c2c(NCCCOC(C)C)c(=O)c2=O)cc1C. The molecule has 0 saturated carbocycles. The minimum Gasteiger partial charge on any atom is -0.381 e. The van der Waals surface area contributed by atoms with Gasteiger partial charge in [0.1, 0.15) is 0 Å². The van der Waals surface area contributed by atoms with Crippen molar-refractivity contribution in [2.24, 2.45) is 0 Å². The average molecular weight is 315 g/mol. The Hall–Kier alpha value is -1.94. The van der Waals surface area contributed by atoms with Gasteiger partial charge in [-0.2, -0.15) is 0 Å². The maximum atomic E-state index is 12.0. The molecule has 4 heteroatoms. The molecule has 4 nitrogen and oxygen atoms in total. The number of ether oxygens (including phenoxy) is 1. The Morgan fingerprint density at radius 1 is 1.00 bits per heavy atom. The lowest BCUT2D eigenvalue weighted by Gasteiger charge is -2.16. The Morgan fingerprint density at radius 2 is 1.65 bits per heavy atom. The van der Waals surface area contributed by atoms with E-state index in [0.717, 1.165) is 23.1 Å². The Morgan fingerprint density at radius 3 is 2.30 bits per heavy atom. The van der Waals surface area contributed by atoms with E-state index in [1.54, 1.807) is 0 Å². The number of hydrogen-bond donors (Lipinski definition) is 1. The van der Waals surface area contributed by atoms with Crippen LogP contribution in [0, 0.1) is 20.8 Å². The van der Waals surface area contributed by atoms with E-state index in [4.69, 9.17) is 4.74 Å². The molecule has 0 aliphatic carbocycles. The number of aryl methyl sites for hydroxylation is 3. The highest BCUT2D eigenvalue weighted by atomic mass is 16.5. The Kier molecular flexibility index (Phi) is 5.37. The molecule has 0 aromatic heterocycles. The van der Waals surface area contributed by atoms with Crippen LogP contribution in [0.25, 0.3) is 11.1 Å². The van der Waals surface area contributed by atoms with Gasteiger partial charge in [-0.3, -0.25) is 9.59 Å². The third kappa shape index (κ3) is 3.70. The normalized spacial score (nSPS) is 11.4. The summed E-state index contributed by atoms with van der Waals surface area (Å²) in [4.78, 5) is 23.9. The van der Waals surface area contributed by atoms with Gasteiger partial charge in [0.2, 0.25) is 10.9 Å². The van der Waals surface area contributed by atoms with Crippen molar-refractivity contribution in [3.63, 3.8) is 0 Å². The Bertz CT molecular complexity index is 768. The summed E-state index contributed by atoms with van der Waals surface area (Å²) in [7, 11) is 0. The molecule has 0 aliphatic rings. The second-order valence-corrected chi connectivity index (χ2v) is 6.36. The van der Waals surface area contributed by atoms with E-state index in [2.05, 4.69) is 11.4 Å². The minimum absolute atomic E-state index is 0.204. The maximum absolute atomic E-state index is 12.0. The molecule has 0 aliphatic heterocycles. The standard InChI is InChI=1S/C19H25NO3/c1-11(2)23-8-6-7-20-17-16(18(21)19(17)22)15-10-13(4)12(3)9-14(15)5/h9-11,20H,6-8H2,1-5H3. The Balaban J connectivity index is 2.16. The molecule has 23 heavy (non-hydrogen) atoms. The summed E-state index contributed by atoms with van der Waals surface area (Å²) in [5.41, 5.74) is 4.36. The van der Waals surface area contributed by atoms with Gasteiger partial charge in [0.25, 0.3) is 0 Å². The van der Waals surface area contributed by atoms with E-state index in [1.807, 2.05) is 40.7 Å². The van der Waals surface area contributed by atoms with Crippen molar-refractivity contribution in [3.8, 4) is 11.1 Å². The van der Waals surface area contributed by atoms with Gasteiger partial charge in [-0.25, -0.2) is 0 Å². The molecule has 0 heterocycles. The van der Waals surface area contributed by atoms with Gasteiger partial charge in [-0.1, -0.05) is 12.1 Å². The lowest BCUT2D eigenvalue weighted by molar-refractivity contribution is 0.0787. The van der Waals surface area contributed by atoms with Gasteiger partial charge < -0.3 is 10.1 Å². The van der Waals surface area contributed by atoms with E-state index in [1.165, 1.54) is 5.56 Å². The number of rotatable bonds is 7. The molecule has 2 aromatic carbocycles. The summed E-state index contributed by atoms with van der Waals surface area (Å²) in [5, 5.41) is 3.11. The second-order valence-electron chi connectivity index (χ2n) is 6.36. The van der Waals surface area contributed by atoms with Crippen LogP contribution in [0.5, 0.6) is 0 Å². The van der Waals surface area contributed by atoms with Crippen molar-refractivity contribution in [2.75, 3.05) is 18.5 Å². The molecule has 0 bridgehead atoms. The van der Waals surface area contributed by atoms with Gasteiger partial charge in [0.15, 0.2) is 0 Å². The molecule has 0 radical (unpaired) electrons. The van der Waals surface area contributed by atoms with Gasteiger partial charge in [0, 0.05) is 13.2 Å². The van der Waals surface area contributed by atoms with E-state index < -0.39 is 10.9 Å². The molecule has 1 N–H and O–H groups in total. The van der Waals surface area contributed by atoms with Crippen molar-refractivity contribution in [3.05, 3.63) is 49.3 Å². The zero-order chi connectivity index (χ0) is 17.1. The number of nitrogens with one attached hydrogen (secondary N) is 1. The zero-order valence-electron chi connectivity index (χ0n) is 14.6. The van der Waals surface area contributed by atoms with Crippen LogP contribution in [0.4, 0.5) is 5.69 Å². The molecule has 0 unspecified atom stereocenters. The number of hydrogen-bond acceptors (Lipinski definition) is 4. The first-order chi connectivity index (χ1) is 10.8. The topological polar surface area (TPSA) is 55.4 Å². The monoisotopic (exact) mass is 315 g/mol. The van der Waals surface area contributed by atoms with Crippen LogP contribution in [-0.4, -0.2) is 19.3 Å². The van der Waals surface area contributed by atoms with Crippen LogP contribution < -0.4 is 16.2 Å². The summed E-state index contributed by atoms with van der Waals surface area (Å²) in [5.74, 6) is 0. The van der Waals surface area contributed by atoms with Crippen molar-refractivity contribution in [1.82, 2.24) is 0 Å². The predicted octanol–water partition coefficient (Wildman–Crippen LogP) is 3.10. The summed E-state index contributed by atoms with van der Waals surface area (Å²) in [6.45, 7) is 11.3. The fourth-order valence-electron chi connectivity index (χ4n) is 2.65. The molecular weight excluding hydrogens is 290 g/mol. The summed E-state index contributed by atoms with van der Waals surface area (Å²) in [6.07, 6.45) is 0.998. The molecule has 0 fully saturated rings. The van der Waals surface area contributed by atoms with Crippen LogP contribution in [0.15, 0.2) is 21.7 Å². The fraction of sp³-hybridized carbons (Fsp3) is 0.474. The number of benzene rings is 1. The lowest BCUT2D eigenvalue weighted by Crippen LogP contribution is -2.36. The summed E-state index contributed by atoms with van der Waals surface area (Å²) < 4.78 is 5.47. The third-order valence-electron chi connectivity index (χ3n) is 4.09. The molecule has 0 amide bonds. The minimum atomic E-state index is -0.414. The van der Waals surface area contributed by atoms with Crippen LogP contribution in [0.3, 0.4) is 0 Å². The first kappa shape index (κ1) is 17.4. The zero-order valence-corrected chi connectivity index (χ0v) is 14.6. The van der Waals surface area contributed by atoms with Crippen LogP contribution in [0.1, 0.15) is 37.0 Å². The average Bonchev–Trinajstić information content (AvgIpc) is 2.49. The molecule has 2 rings (SSSR count). The highest BCUT2D eigenvalue weighted by Crippen LogP contribution is 2.29. The van der Waals surface area contributed by atoms with Crippen molar-refractivity contribution >= 4 is 5.69 Å². The quantitative estimate of drug-likeness (QED) is 0.630. The first-order valence-electron chi connectivity index (χ1n) is 8.10. The van der Waals surface area contributed by atoms with Gasteiger partial charge >= 0.3 is 0 Å². The van der Waals surface area contributed by atoms with E-state index in [9.17, 15) is 9.59 Å². The summed E-state index contributed by atoms with van der Waals surface area (Å²) >= 11 is 0. The maximum Gasteiger partial charge on any atom is 0.250 e. The molecule has 0 saturated heterocycles. The highest BCUT2D eigenvalue weighted by Gasteiger charge is 2.23. The molecule has 2 aromatic rings. The van der Waals surface area contributed by atoms with Crippen LogP contribution in [0.2, 0.25) is 0 Å². The largest absolute Gasteiger partial charge is 0.381 e. The van der Waals surface area contributed by atoms with E-state index in [-0.39, 0.29) is 6.10 Å². The summed E-state index contributed by atoms with van der Waals surface area (Å²) in [6, 6.07) is 4.05. The Labute approximate surface area is 137 Å².